The van der Waals surface area contributed by atoms with Crippen LogP contribution in [0.4, 0.5) is 0 Å². The van der Waals surface area contributed by atoms with Crippen LogP contribution in [0.1, 0.15) is 63.5 Å². The molecule has 0 spiro atoms. The van der Waals surface area contributed by atoms with Gasteiger partial charge < -0.3 is 33.7 Å². The van der Waals surface area contributed by atoms with Crippen LogP contribution in [0.15, 0.2) is 48.2 Å². The number of cyclic esters (lactones) is 2. The van der Waals surface area contributed by atoms with E-state index in [1.807, 2.05) is 13.0 Å². The molecule has 0 bridgehead atoms. The molecule has 1 saturated heterocycles. The van der Waals surface area contributed by atoms with Crippen molar-refractivity contribution in [3.05, 3.63) is 59.4 Å². The Hall–Kier alpha value is -4.94. The Morgan fingerprint density at radius 3 is 2.47 bits per heavy atom. The molecular formula is C32H38N2O11. The van der Waals surface area contributed by atoms with Crippen LogP contribution < -0.4 is 14.8 Å². The van der Waals surface area contributed by atoms with E-state index in [0.29, 0.717) is 17.6 Å². The first kappa shape index (κ1) is 34.5. The zero-order chi connectivity index (χ0) is 33.1. The van der Waals surface area contributed by atoms with Crippen LogP contribution >= 0.6 is 0 Å². The average molecular weight is 627 g/mol. The molecule has 2 aromatic rings. The van der Waals surface area contributed by atoms with Gasteiger partial charge in [0.15, 0.2) is 29.3 Å². The van der Waals surface area contributed by atoms with Crippen molar-refractivity contribution in [2.24, 2.45) is 5.92 Å². The third kappa shape index (κ3) is 9.03. The average Bonchev–Trinajstić information content (AvgIpc) is 3.05. The first-order valence-electron chi connectivity index (χ1n) is 14.4. The Balaban J connectivity index is 1.92. The number of pyridine rings is 1. The van der Waals surface area contributed by atoms with Crippen molar-refractivity contribution >= 4 is 35.4 Å². The summed E-state index contributed by atoms with van der Waals surface area (Å²) in [5.41, 5.74) is 0.812. The topological polar surface area (TPSA) is 166 Å². The van der Waals surface area contributed by atoms with E-state index >= 15 is 0 Å². The van der Waals surface area contributed by atoms with Gasteiger partial charge in [0.05, 0.1) is 18.6 Å². The van der Waals surface area contributed by atoms with Crippen molar-refractivity contribution < 1.29 is 52.4 Å². The summed E-state index contributed by atoms with van der Waals surface area (Å²) in [7, 11) is 1.34. The van der Waals surface area contributed by atoms with Crippen molar-refractivity contribution in [2.75, 3.05) is 20.5 Å². The number of amides is 1. The van der Waals surface area contributed by atoms with Gasteiger partial charge >= 0.3 is 23.9 Å². The third-order valence-corrected chi connectivity index (χ3v) is 6.71. The highest BCUT2D eigenvalue weighted by Gasteiger charge is 2.40. The van der Waals surface area contributed by atoms with E-state index < -0.39 is 67.4 Å². The Kier molecular flexibility index (Phi) is 12.5. The van der Waals surface area contributed by atoms with Crippen molar-refractivity contribution in [1.82, 2.24) is 10.3 Å². The van der Waals surface area contributed by atoms with Gasteiger partial charge in [-0.3, -0.25) is 14.4 Å². The molecule has 0 radical (unpaired) electrons. The molecule has 1 N–H and O–H groups in total. The van der Waals surface area contributed by atoms with E-state index in [1.165, 1.54) is 26.3 Å². The van der Waals surface area contributed by atoms with Crippen LogP contribution in [0.25, 0.3) is 5.57 Å². The molecule has 2 heterocycles. The Labute approximate surface area is 261 Å². The second-order valence-corrected chi connectivity index (χ2v) is 10.4. The van der Waals surface area contributed by atoms with Crippen molar-refractivity contribution in [1.29, 1.82) is 0 Å². The molecular weight excluding hydrogens is 588 g/mol. The van der Waals surface area contributed by atoms with Gasteiger partial charge in [0, 0.05) is 18.7 Å². The van der Waals surface area contributed by atoms with Crippen molar-refractivity contribution in [2.45, 2.75) is 65.7 Å². The number of benzene rings is 1. The van der Waals surface area contributed by atoms with Crippen LogP contribution in [0.3, 0.4) is 0 Å². The molecule has 13 heteroatoms. The van der Waals surface area contributed by atoms with E-state index in [-0.39, 0.29) is 29.2 Å². The Morgan fingerprint density at radius 1 is 1.11 bits per heavy atom. The van der Waals surface area contributed by atoms with Crippen molar-refractivity contribution in [3.63, 3.8) is 0 Å². The summed E-state index contributed by atoms with van der Waals surface area (Å²) in [6, 6.07) is 8.87. The number of rotatable bonds is 11. The number of aromatic nitrogens is 1. The summed E-state index contributed by atoms with van der Waals surface area (Å²) >= 11 is 0. The summed E-state index contributed by atoms with van der Waals surface area (Å²) in [4.78, 5) is 68.8. The number of hydrogen-bond donors (Lipinski definition) is 1. The summed E-state index contributed by atoms with van der Waals surface area (Å²) in [6.45, 7) is 7.09. The second-order valence-electron chi connectivity index (χ2n) is 10.4. The fourth-order valence-corrected chi connectivity index (χ4v) is 4.26. The molecule has 242 valence electrons. The number of nitrogens with one attached hydrogen (secondary N) is 1. The largest absolute Gasteiger partial charge is 0.493 e. The Bertz CT molecular complexity index is 1420. The number of carbonyl (C=O) groups is 5. The maximum Gasteiger partial charge on any atom is 0.338 e. The normalized spacial score (nSPS) is 19.6. The van der Waals surface area contributed by atoms with Crippen molar-refractivity contribution in [3.8, 4) is 11.5 Å². The van der Waals surface area contributed by atoms with Crippen LogP contribution in [0, 0.1) is 5.92 Å². The number of hydrogen-bond acceptors (Lipinski definition) is 12. The molecule has 1 amide bonds. The van der Waals surface area contributed by atoms with E-state index in [0.717, 1.165) is 0 Å². The lowest BCUT2D eigenvalue weighted by Gasteiger charge is -2.27. The monoisotopic (exact) mass is 626 g/mol. The summed E-state index contributed by atoms with van der Waals surface area (Å²) in [6.07, 6.45) is -0.411. The predicted molar refractivity (Wildman–Crippen MR) is 159 cm³/mol. The highest BCUT2D eigenvalue weighted by atomic mass is 16.7. The lowest BCUT2D eigenvalue weighted by molar-refractivity contribution is -0.166. The number of nitrogens with zero attached hydrogens (tertiary/aromatic N) is 1. The van der Waals surface area contributed by atoms with Gasteiger partial charge in [-0.25, -0.2) is 14.6 Å². The number of esters is 4. The lowest BCUT2D eigenvalue weighted by Crippen LogP contribution is -2.46. The minimum absolute atomic E-state index is 0.00903. The summed E-state index contributed by atoms with van der Waals surface area (Å²) in [5.74, 6) is -4.39. The Morgan fingerprint density at radius 2 is 1.82 bits per heavy atom. The maximum absolute atomic E-state index is 13.6. The highest BCUT2D eigenvalue weighted by molar-refractivity contribution is 6.00. The quantitative estimate of drug-likeness (QED) is 0.167. The van der Waals surface area contributed by atoms with E-state index in [4.69, 9.17) is 28.4 Å². The zero-order valence-corrected chi connectivity index (χ0v) is 26.1. The van der Waals surface area contributed by atoms with Gasteiger partial charge in [-0.15, -0.1) is 0 Å². The second kappa shape index (κ2) is 16.2. The molecule has 1 fully saturated rings. The van der Waals surface area contributed by atoms with Crippen LogP contribution in [-0.2, 0) is 38.1 Å². The number of carbonyl (C=O) groups excluding carboxylic acids is 5. The van der Waals surface area contributed by atoms with Gasteiger partial charge in [-0.05, 0) is 31.4 Å². The summed E-state index contributed by atoms with van der Waals surface area (Å²) in [5, 5.41) is 2.46. The molecule has 3 rings (SSSR count). The highest BCUT2D eigenvalue weighted by Crippen LogP contribution is 2.31. The van der Waals surface area contributed by atoms with Gasteiger partial charge in [0.2, 0.25) is 6.79 Å². The van der Waals surface area contributed by atoms with Gasteiger partial charge in [-0.1, -0.05) is 51.1 Å². The molecule has 1 aromatic heterocycles. The molecule has 0 aliphatic carbocycles. The number of methoxy groups -OCH3 is 1. The molecule has 1 aliphatic rings. The molecule has 3 atom stereocenters. The lowest BCUT2D eigenvalue weighted by atomic mass is 9.95. The SMILES string of the molecule is CCCC(=O)OCOc1c(OC)ccnc1C(=O)N[C@H]1COC(=O)/C(=C(\C)c2ccccc2)[C@@H](OC(=O)C(C)C)[C@H](C)OC1=O. The smallest absolute Gasteiger partial charge is 0.338 e. The van der Waals surface area contributed by atoms with Gasteiger partial charge in [0.25, 0.3) is 5.91 Å². The number of allylic oxidation sites excluding steroid dienone is 1. The minimum atomic E-state index is -1.48. The van der Waals surface area contributed by atoms with Crippen LogP contribution in [0.5, 0.6) is 11.5 Å². The molecule has 1 aliphatic heterocycles. The first-order chi connectivity index (χ1) is 21.5. The molecule has 45 heavy (non-hydrogen) atoms. The maximum atomic E-state index is 13.6. The fourth-order valence-electron chi connectivity index (χ4n) is 4.26. The first-order valence-corrected chi connectivity index (χ1v) is 14.4. The third-order valence-electron chi connectivity index (χ3n) is 6.71. The summed E-state index contributed by atoms with van der Waals surface area (Å²) < 4.78 is 32.6. The van der Waals surface area contributed by atoms with Crippen LogP contribution in [-0.4, -0.2) is 73.5 Å². The van der Waals surface area contributed by atoms with Gasteiger partial charge in [0.1, 0.15) is 12.7 Å². The minimum Gasteiger partial charge on any atom is -0.493 e. The van der Waals surface area contributed by atoms with Gasteiger partial charge in [-0.2, -0.15) is 0 Å². The van der Waals surface area contributed by atoms with E-state index in [1.54, 1.807) is 45.0 Å². The standard InChI is InChI=1S/C32H38N2O11/c1-7-11-24(35)42-17-43-28-23(40-6)14-15-33-26(28)29(36)34-22-16-41-32(39)25(19(4)21-12-9-8-10-13-21)27(20(5)44-31(22)38)45-30(37)18(2)3/h8-10,12-15,18,20,22,27H,7,11,16-17H2,1-6H3,(H,34,36)/b25-19+/t20-,22-,27-/m0/s1. The molecule has 0 unspecified atom stereocenters. The van der Waals surface area contributed by atoms with Crippen LogP contribution in [0.2, 0.25) is 0 Å². The fraction of sp³-hybridized carbons (Fsp3) is 0.438. The molecule has 0 saturated carbocycles. The molecule has 13 nitrogen and oxygen atoms in total. The predicted octanol–water partition coefficient (Wildman–Crippen LogP) is 3.40. The zero-order valence-electron chi connectivity index (χ0n) is 26.1. The number of ether oxygens (including phenoxy) is 6. The van der Waals surface area contributed by atoms with E-state index in [2.05, 4.69) is 10.3 Å². The van der Waals surface area contributed by atoms with E-state index in [9.17, 15) is 24.0 Å². The molecule has 1 aromatic carbocycles.